The van der Waals surface area contributed by atoms with Crippen molar-refractivity contribution in [2.24, 2.45) is 11.7 Å². The summed E-state index contributed by atoms with van der Waals surface area (Å²) in [6.07, 6.45) is 2.32. The van der Waals surface area contributed by atoms with Crippen molar-refractivity contribution < 1.29 is 4.39 Å². The summed E-state index contributed by atoms with van der Waals surface area (Å²) in [5.41, 5.74) is 6.76. The number of nitrogens with two attached hydrogens (primary N) is 1. The highest BCUT2D eigenvalue weighted by Gasteiger charge is 2.29. The molecule has 0 aliphatic heterocycles. The lowest BCUT2D eigenvalue weighted by Crippen LogP contribution is -2.12. The Balaban J connectivity index is 2.24. The fourth-order valence-electron chi connectivity index (χ4n) is 1.45. The molecule has 0 radical (unpaired) electrons. The number of benzene rings is 1. The van der Waals surface area contributed by atoms with Crippen molar-refractivity contribution in [1.29, 1.82) is 0 Å². The molecule has 1 nitrogen and oxygen atoms in total. The minimum absolute atomic E-state index is 0.0215. The van der Waals surface area contributed by atoms with Gasteiger partial charge in [-0.05, 0) is 36.5 Å². The molecular weight excluding hydrogens is 189 g/mol. The van der Waals surface area contributed by atoms with Crippen molar-refractivity contribution in [2.45, 2.75) is 18.9 Å². The van der Waals surface area contributed by atoms with E-state index >= 15 is 0 Å². The van der Waals surface area contributed by atoms with E-state index in [4.69, 9.17) is 17.3 Å². The van der Waals surface area contributed by atoms with Crippen molar-refractivity contribution in [3.05, 3.63) is 34.6 Å². The molecule has 1 atom stereocenters. The van der Waals surface area contributed by atoms with E-state index in [9.17, 15) is 4.39 Å². The van der Waals surface area contributed by atoms with Crippen molar-refractivity contribution in [2.75, 3.05) is 0 Å². The Labute approximate surface area is 81.7 Å². The highest BCUT2D eigenvalue weighted by molar-refractivity contribution is 6.30. The van der Waals surface area contributed by atoms with Gasteiger partial charge in [0.1, 0.15) is 5.82 Å². The second-order valence-corrected chi connectivity index (χ2v) is 3.94. The van der Waals surface area contributed by atoms with Crippen LogP contribution in [0, 0.1) is 11.7 Å². The van der Waals surface area contributed by atoms with Gasteiger partial charge in [-0.3, -0.25) is 0 Å². The first kappa shape index (κ1) is 8.97. The predicted octanol–water partition coefficient (Wildman–Crippen LogP) is 2.89. The Morgan fingerprint density at radius 1 is 1.46 bits per heavy atom. The van der Waals surface area contributed by atoms with E-state index in [1.54, 1.807) is 12.1 Å². The summed E-state index contributed by atoms with van der Waals surface area (Å²) in [5.74, 6) is 0.163. The van der Waals surface area contributed by atoms with Gasteiger partial charge in [0.25, 0.3) is 0 Å². The summed E-state index contributed by atoms with van der Waals surface area (Å²) in [6, 6.07) is 4.78. The topological polar surface area (TPSA) is 26.0 Å². The van der Waals surface area contributed by atoms with Crippen molar-refractivity contribution in [3.8, 4) is 0 Å². The third kappa shape index (κ3) is 1.84. The van der Waals surface area contributed by atoms with Crippen LogP contribution in [0.25, 0.3) is 0 Å². The first-order valence-electron chi connectivity index (χ1n) is 4.39. The van der Waals surface area contributed by atoms with Gasteiger partial charge in [0.2, 0.25) is 0 Å². The quantitative estimate of drug-likeness (QED) is 0.779. The van der Waals surface area contributed by atoms with E-state index in [0.717, 1.165) is 18.4 Å². The zero-order chi connectivity index (χ0) is 9.42. The summed E-state index contributed by atoms with van der Waals surface area (Å²) in [7, 11) is 0. The van der Waals surface area contributed by atoms with Gasteiger partial charge in [0, 0.05) is 6.04 Å². The average Bonchev–Trinajstić information content (AvgIpc) is 2.91. The van der Waals surface area contributed by atoms with Crippen LogP contribution in [0.15, 0.2) is 18.2 Å². The maximum Gasteiger partial charge on any atom is 0.142 e. The molecular formula is C10H11ClFN. The molecule has 0 unspecified atom stereocenters. The van der Waals surface area contributed by atoms with Gasteiger partial charge >= 0.3 is 0 Å². The molecule has 0 spiro atoms. The number of hydrogen-bond donors (Lipinski definition) is 1. The van der Waals surface area contributed by atoms with Crippen LogP contribution in [0.5, 0.6) is 0 Å². The zero-order valence-corrected chi connectivity index (χ0v) is 7.89. The lowest BCUT2D eigenvalue weighted by molar-refractivity contribution is 0.602. The molecule has 1 aliphatic rings. The van der Waals surface area contributed by atoms with Crippen molar-refractivity contribution >= 4 is 11.6 Å². The maximum atomic E-state index is 13.0. The summed E-state index contributed by atoms with van der Waals surface area (Å²) in [5, 5.41) is 0.159. The fourth-order valence-corrected chi connectivity index (χ4v) is 1.56. The summed E-state index contributed by atoms with van der Waals surface area (Å²) >= 11 is 5.56. The lowest BCUT2D eigenvalue weighted by Gasteiger charge is -2.10. The van der Waals surface area contributed by atoms with Crippen molar-refractivity contribution in [3.63, 3.8) is 0 Å². The van der Waals surface area contributed by atoms with E-state index in [2.05, 4.69) is 0 Å². The molecule has 3 heteroatoms. The molecule has 70 valence electrons. The van der Waals surface area contributed by atoms with Gasteiger partial charge in [-0.15, -0.1) is 0 Å². The van der Waals surface area contributed by atoms with Gasteiger partial charge in [-0.1, -0.05) is 17.7 Å². The Hall–Kier alpha value is -0.600. The molecule has 0 aromatic heterocycles. The Morgan fingerprint density at radius 2 is 2.15 bits per heavy atom. The van der Waals surface area contributed by atoms with Gasteiger partial charge in [-0.2, -0.15) is 0 Å². The number of halogens is 2. The van der Waals surface area contributed by atoms with Crippen LogP contribution in [0.3, 0.4) is 0 Å². The van der Waals surface area contributed by atoms with Gasteiger partial charge in [0.15, 0.2) is 0 Å². The maximum absolute atomic E-state index is 13.0. The highest BCUT2D eigenvalue weighted by atomic mass is 35.5. The van der Waals surface area contributed by atoms with E-state index in [-0.39, 0.29) is 16.9 Å². The summed E-state index contributed by atoms with van der Waals surface area (Å²) < 4.78 is 13.0. The first-order valence-corrected chi connectivity index (χ1v) is 4.77. The first-order chi connectivity index (χ1) is 6.18. The lowest BCUT2D eigenvalue weighted by atomic mass is 10.0. The van der Waals surface area contributed by atoms with E-state index in [0.29, 0.717) is 5.92 Å². The largest absolute Gasteiger partial charge is 0.324 e. The van der Waals surface area contributed by atoms with Crippen LogP contribution < -0.4 is 5.73 Å². The van der Waals surface area contributed by atoms with Gasteiger partial charge < -0.3 is 5.73 Å². The molecule has 0 heterocycles. The van der Waals surface area contributed by atoms with Crippen LogP contribution in [-0.4, -0.2) is 0 Å². The molecule has 13 heavy (non-hydrogen) atoms. The third-order valence-electron chi connectivity index (χ3n) is 2.46. The van der Waals surface area contributed by atoms with E-state index < -0.39 is 0 Å². The summed E-state index contributed by atoms with van der Waals surface area (Å²) in [6.45, 7) is 0. The molecule has 1 saturated carbocycles. The fraction of sp³-hybridized carbons (Fsp3) is 0.400. The van der Waals surface area contributed by atoms with Gasteiger partial charge in [-0.25, -0.2) is 4.39 Å². The molecule has 1 aliphatic carbocycles. The minimum atomic E-state index is -0.379. The molecule has 1 aromatic rings. The molecule has 0 amide bonds. The van der Waals surface area contributed by atoms with Crippen LogP contribution >= 0.6 is 11.6 Å². The Kier molecular flexibility index (Phi) is 2.26. The third-order valence-corrected chi connectivity index (χ3v) is 2.76. The normalized spacial score (nSPS) is 18.7. The Bertz CT molecular complexity index is 323. The highest BCUT2D eigenvalue weighted by Crippen LogP contribution is 2.39. The molecule has 1 fully saturated rings. The van der Waals surface area contributed by atoms with Crippen molar-refractivity contribution in [1.82, 2.24) is 0 Å². The van der Waals surface area contributed by atoms with Gasteiger partial charge in [0.05, 0.1) is 5.02 Å². The SMILES string of the molecule is N[C@H](c1ccc(Cl)c(F)c1)C1CC1. The standard InChI is InChI=1S/C10H11ClFN/c11-8-4-3-7(5-9(8)12)10(13)6-1-2-6/h3-6,10H,1-2,13H2/t10-/m0/s1. The van der Waals surface area contributed by atoms with Crippen LogP contribution in [0.2, 0.25) is 5.02 Å². The molecule has 0 saturated heterocycles. The number of hydrogen-bond acceptors (Lipinski definition) is 1. The second kappa shape index (κ2) is 3.28. The van der Waals surface area contributed by atoms with E-state index in [1.165, 1.54) is 6.07 Å². The predicted molar refractivity (Wildman–Crippen MR) is 51.1 cm³/mol. The minimum Gasteiger partial charge on any atom is -0.324 e. The van der Waals surface area contributed by atoms with Crippen LogP contribution in [-0.2, 0) is 0 Å². The second-order valence-electron chi connectivity index (χ2n) is 3.54. The van der Waals surface area contributed by atoms with Crippen LogP contribution in [0.4, 0.5) is 4.39 Å². The Morgan fingerprint density at radius 3 is 2.69 bits per heavy atom. The number of rotatable bonds is 2. The molecule has 2 N–H and O–H groups in total. The van der Waals surface area contributed by atoms with E-state index in [1.807, 2.05) is 0 Å². The molecule has 2 rings (SSSR count). The average molecular weight is 200 g/mol. The zero-order valence-electron chi connectivity index (χ0n) is 7.13. The molecule has 0 bridgehead atoms. The summed E-state index contributed by atoms with van der Waals surface area (Å²) in [4.78, 5) is 0. The molecule has 1 aromatic carbocycles. The van der Waals surface area contributed by atoms with Crippen LogP contribution in [0.1, 0.15) is 24.4 Å². The smallest absolute Gasteiger partial charge is 0.142 e. The monoisotopic (exact) mass is 199 g/mol.